The van der Waals surface area contributed by atoms with Gasteiger partial charge in [-0.3, -0.25) is 10.1 Å². The van der Waals surface area contributed by atoms with Gasteiger partial charge in [-0.15, -0.1) is 0 Å². The van der Waals surface area contributed by atoms with Crippen molar-refractivity contribution < 1.29 is 9.90 Å². The molecule has 0 spiro atoms. The van der Waals surface area contributed by atoms with E-state index in [1.165, 1.54) is 38.5 Å². The van der Waals surface area contributed by atoms with Gasteiger partial charge in [-0.25, -0.2) is 0 Å². The van der Waals surface area contributed by atoms with Gasteiger partial charge in [-0.1, -0.05) is 19.3 Å². The molecule has 0 aromatic carbocycles. The molecule has 2 aliphatic carbocycles. The van der Waals surface area contributed by atoms with Crippen LogP contribution in [0.3, 0.4) is 0 Å². The fraction of sp³-hybridized carbons (Fsp3) is 0.938. The Morgan fingerprint density at radius 1 is 1.15 bits per heavy atom. The summed E-state index contributed by atoms with van der Waals surface area (Å²) in [4.78, 5) is 11.8. The highest BCUT2D eigenvalue weighted by Crippen LogP contribution is 2.40. The first-order chi connectivity index (χ1) is 9.52. The zero-order valence-electron chi connectivity index (χ0n) is 12.9. The zero-order valence-corrected chi connectivity index (χ0v) is 13.7. The maximum atomic E-state index is 11.8. The minimum Gasteiger partial charge on any atom is -0.480 e. The molecule has 2 atom stereocenters. The van der Waals surface area contributed by atoms with Crippen molar-refractivity contribution >= 4 is 17.7 Å². The lowest BCUT2D eigenvalue weighted by Crippen LogP contribution is -2.57. The summed E-state index contributed by atoms with van der Waals surface area (Å²) in [6.45, 7) is 4.09. The number of hydrogen-bond donors (Lipinski definition) is 2. The third-order valence-corrected chi connectivity index (χ3v) is 6.26. The lowest BCUT2D eigenvalue weighted by atomic mass is 9.81. The van der Waals surface area contributed by atoms with Gasteiger partial charge in [-0.05, 0) is 52.4 Å². The molecule has 0 saturated heterocycles. The molecule has 0 heterocycles. The van der Waals surface area contributed by atoms with E-state index in [-0.39, 0.29) is 6.04 Å². The second kappa shape index (κ2) is 7.17. The van der Waals surface area contributed by atoms with Gasteiger partial charge in [-0.2, -0.15) is 11.8 Å². The van der Waals surface area contributed by atoms with Gasteiger partial charge >= 0.3 is 5.97 Å². The standard InChI is InChI=1S/C16H29NO2S/c1-12(2)17-16(15(18)19)10-6-9-14(11-16)20-13-7-4-3-5-8-13/h12-14,17H,3-11H2,1-2H3,(H,18,19). The molecule has 116 valence electrons. The van der Waals surface area contributed by atoms with Gasteiger partial charge in [0.1, 0.15) is 5.54 Å². The van der Waals surface area contributed by atoms with E-state index >= 15 is 0 Å². The summed E-state index contributed by atoms with van der Waals surface area (Å²) in [6, 6.07) is 0.226. The Morgan fingerprint density at radius 3 is 2.40 bits per heavy atom. The van der Waals surface area contributed by atoms with Crippen molar-refractivity contribution in [3.63, 3.8) is 0 Å². The van der Waals surface area contributed by atoms with Crippen LogP contribution < -0.4 is 5.32 Å². The van der Waals surface area contributed by atoms with Crippen molar-refractivity contribution in [2.45, 2.75) is 93.7 Å². The zero-order chi connectivity index (χ0) is 14.6. The number of rotatable bonds is 5. The van der Waals surface area contributed by atoms with Crippen LogP contribution >= 0.6 is 11.8 Å². The quantitative estimate of drug-likeness (QED) is 0.810. The SMILES string of the molecule is CC(C)NC1(C(=O)O)CCCC(SC2CCCCC2)C1. The average molecular weight is 299 g/mol. The number of nitrogens with one attached hydrogen (secondary N) is 1. The van der Waals surface area contributed by atoms with Crippen LogP contribution in [0.2, 0.25) is 0 Å². The van der Waals surface area contributed by atoms with Crippen LogP contribution in [0.25, 0.3) is 0 Å². The smallest absolute Gasteiger partial charge is 0.323 e. The minimum atomic E-state index is -0.682. The fourth-order valence-electron chi connectivity index (χ4n) is 3.75. The average Bonchev–Trinajstić information content (AvgIpc) is 2.39. The molecule has 2 rings (SSSR count). The summed E-state index contributed by atoms with van der Waals surface area (Å²) in [5.41, 5.74) is -0.682. The predicted octanol–water partition coefficient (Wildman–Crippen LogP) is 3.82. The van der Waals surface area contributed by atoms with Crippen molar-refractivity contribution in [2.75, 3.05) is 0 Å². The predicted molar refractivity (Wildman–Crippen MR) is 85.4 cm³/mol. The summed E-state index contributed by atoms with van der Waals surface area (Å²) in [7, 11) is 0. The van der Waals surface area contributed by atoms with Gasteiger partial charge in [0.2, 0.25) is 0 Å². The number of hydrogen-bond acceptors (Lipinski definition) is 3. The maximum Gasteiger partial charge on any atom is 0.323 e. The Bertz CT molecular complexity index is 328. The minimum absolute atomic E-state index is 0.226. The lowest BCUT2D eigenvalue weighted by molar-refractivity contribution is -0.146. The van der Waals surface area contributed by atoms with E-state index in [0.717, 1.165) is 24.5 Å². The molecule has 2 unspecified atom stereocenters. The van der Waals surface area contributed by atoms with E-state index in [1.54, 1.807) is 0 Å². The highest BCUT2D eigenvalue weighted by molar-refractivity contribution is 8.00. The van der Waals surface area contributed by atoms with Crippen LogP contribution in [0.15, 0.2) is 0 Å². The van der Waals surface area contributed by atoms with Crippen LogP contribution in [0.1, 0.15) is 71.6 Å². The van der Waals surface area contributed by atoms with E-state index in [0.29, 0.717) is 5.25 Å². The summed E-state index contributed by atoms with van der Waals surface area (Å²) >= 11 is 2.08. The van der Waals surface area contributed by atoms with E-state index in [2.05, 4.69) is 17.1 Å². The van der Waals surface area contributed by atoms with Crippen LogP contribution in [0.4, 0.5) is 0 Å². The molecule has 2 fully saturated rings. The van der Waals surface area contributed by atoms with E-state index < -0.39 is 11.5 Å². The Morgan fingerprint density at radius 2 is 1.80 bits per heavy atom. The normalized spacial score (nSPS) is 32.5. The first-order valence-electron chi connectivity index (χ1n) is 8.18. The third-order valence-electron chi connectivity index (χ3n) is 4.62. The lowest BCUT2D eigenvalue weighted by Gasteiger charge is -2.40. The highest BCUT2D eigenvalue weighted by atomic mass is 32.2. The van der Waals surface area contributed by atoms with Crippen LogP contribution in [-0.2, 0) is 4.79 Å². The summed E-state index contributed by atoms with van der Waals surface area (Å²) in [5, 5.41) is 14.3. The van der Waals surface area contributed by atoms with Crippen molar-refractivity contribution in [3.05, 3.63) is 0 Å². The molecular formula is C16H29NO2S. The van der Waals surface area contributed by atoms with Crippen molar-refractivity contribution in [1.82, 2.24) is 5.32 Å². The third kappa shape index (κ3) is 4.14. The number of thioether (sulfide) groups is 1. The summed E-state index contributed by atoms with van der Waals surface area (Å²) in [6.07, 6.45) is 10.6. The summed E-state index contributed by atoms with van der Waals surface area (Å²) in [5.74, 6) is -0.653. The van der Waals surface area contributed by atoms with Gasteiger partial charge in [0.25, 0.3) is 0 Å². The highest BCUT2D eigenvalue weighted by Gasteiger charge is 2.43. The van der Waals surface area contributed by atoms with Crippen LogP contribution in [0, 0.1) is 0 Å². The van der Waals surface area contributed by atoms with E-state index in [1.807, 2.05) is 13.8 Å². The van der Waals surface area contributed by atoms with Crippen LogP contribution in [0.5, 0.6) is 0 Å². The molecule has 0 bridgehead atoms. The summed E-state index contributed by atoms with van der Waals surface area (Å²) < 4.78 is 0. The van der Waals surface area contributed by atoms with Gasteiger partial charge < -0.3 is 5.11 Å². The maximum absolute atomic E-state index is 11.8. The Kier molecular flexibility index (Phi) is 5.79. The largest absolute Gasteiger partial charge is 0.480 e. The van der Waals surface area contributed by atoms with Crippen LogP contribution in [-0.4, -0.2) is 33.2 Å². The molecule has 4 heteroatoms. The van der Waals surface area contributed by atoms with E-state index in [9.17, 15) is 9.90 Å². The number of aliphatic carboxylic acids is 1. The molecule has 20 heavy (non-hydrogen) atoms. The number of carboxylic acid groups (broad SMARTS) is 1. The van der Waals surface area contributed by atoms with Gasteiger partial charge in [0.05, 0.1) is 0 Å². The topological polar surface area (TPSA) is 49.3 Å². The van der Waals surface area contributed by atoms with Crippen molar-refractivity contribution in [3.8, 4) is 0 Å². The Balaban J connectivity index is 1.96. The Labute approximate surface area is 127 Å². The molecule has 2 saturated carbocycles. The molecule has 2 N–H and O–H groups in total. The van der Waals surface area contributed by atoms with Crippen molar-refractivity contribution in [1.29, 1.82) is 0 Å². The fourth-order valence-corrected chi connectivity index (χ4v) is 5.59. The molecule has 2 aliphatic rings. The first kappa shape index (κ1) is 16.2. The monoisotopic (exact) mass is 299 g/mol. The second-order valence-corrected chi connectivity index (χ2v) is 8.41. The molecule has 3 nitrogen and oxygen atoms in total. The number of carboxylic acids is 1. The van der Waals surface area contributed by atoms with Gasteiger partial charge in [0.15, 0.2) is 0 Å². The molecule has 0 radical (unpaired) electrons. The first-order valence-corrected chi connectivity index (χ1v) is 9.13. The molecule has 0 amide bonds. The molecule has 0 aromatic rings. The van der Waals surface area contributed by atoms with E-state index in [4.69, 9.17) is 0 Å². The Hall–Kier alpha value is -0.220. The van der Waals surface area contributed by atoms with Gasteiger partial charge in [0, 0.05) is 16.5 Å². The van der Waals surface area contributed by atoms with Crippen molar-refractivity contribution in [2.24, 2.45) is 0 Å². The second-order valence-electron chi connectivity index (χ2n) is 6.80. The molecule has 0 aromatic heterocycles. The number of carbonyl (C=O) groups is 1. The molecular weight excluding hydrogens is 270 g/mol. The molecule has 0 aliphatic heterocycles.